The van der Waals surface area contributed by atoms with Crippen molar-refractivity contribution in [3.63, 3.8) is 0 Å². The molecule has 1 aliphatic heterocycles. The largest absolute Gasteiger partial charge is 0.481 e. The molecule has 3 N–H and O–H groups in total. The van der Waals surface area contributed by atoms with Crippen molar-refractivity contribution in [1.82, 2.24) is 5.32 Å². The molecule has 0 bridgehead atoms. The average molecular weight is 276 g/mol. The van der Waals surface area contributed by atoms with Crippen LogP contribution in [0.1, 0.15) is 25.8 Å². The molecule has 0 unspecified atom stereocenters. The molecule has 1 aromatic rings. The van der Waals surface area contributed by atoms with Crippen LogP contribution in [-0.2, 0) is 15.0 Å². The van der Waals surface area contributed by atoms with E-state index in [1.165, 1.54) is 0 Å². The zero-order valence-electron chi connectivity index (χ0n) is 11.8. The lowest BCUT2D eigenvalue weighted by Crippen LogP contribution is -2.43. The number of rotatable bonds is 5. The fourth-order valence-corrected chi connectivity index (χ4v) is 2.06. The molecule has 5 nitrogen and oxygen atoms in total. The number of hydrogen-bond donors (Lipinski definition) is 3. The van der Waals surface area contributed by atoms with Gasteiger partial charge in [-0.1, -0.05) is 12.1 Å². The number of hydrogen-bond acceptors (Lipinski definition) is 3. The number of carbonyl (C=O) groups is 2. The van der Waals surface area contributed by atoms with Crippen molar-refractivity contribution in [3.05, 3.63) is 29.8 Å². The molecule has 0 spiro atoms. The summed E-state index contributed by atoms with van der Waals surface area (Å²) >= 11 is 0. The Morgan fingerprint density at radius 3 is 2.35 bits per heavy atom. The van der Waals surface area contributed by atoms with Gasteiger partial charge in [0.1, 0.15) is 0 Å². The Bertz CT molecular complexity index is 504. The predicted molar refractivity (Wildman–Crippen MR) is 76.7 cm³/mol. The minimum Gasteiger partial charge on any atom is -0.481 e. The summed E-state index contributed by atoms with van der Waals surface area (Å²) in [5.74, 6) is -0.436. The van der Waals surface area contributed by atoms with Crippen molar-refractivity contribution in [1.29, 1.82) is 0 Å². The van der Waals surface area contributed by atoms with Crippen molar-refractivity contribution in [3.8, 4) is 0 Å². The highest BCUT2D eigenvalue weighted by Gasteiger charge is 2.29. The Morgan fingerprint density at radius 2 is 1.90 bits per heavy atom. The number of nitrogens with one attached hydrogen (secondary N) is 2. The molecular weight excluding hydrogens is 256 g/mol. The summed E-state index contributed by atoms with van der Waals surface area (Å²) in [6.45, 7) is 5.12. The third-order valence-electron chi connectivity index (χ3n) is 3.77. The molecule has 5 heteroatoms. The number of anilines is 1. The van der Waals surface area contributed by atoms with Crippen LogP contribution < -0.4 is 10.6 Å². The third kappa shape index (κ3) is 3.17. The van der Waals surface area contributed by atoms with Gasteiger partial charge in [0.25, 0.3) is 0 Å². The van der Waals surface area contributed by atoms with Crippen molar-refractivity contribution in [2.75, 3.05) is 18.4 Å². The second kappa shape index (κ2) is 5.63. The van der Waals surface area contributed by atoms with Crippen LogP contribution in [-0.4, -0.2) is 30.1 Å². The maximum atomic E-state index is 11.8. The molecule has 1 aromatic carbocycles. The van der Waals surface area contributed by atoms with Crippen LogP contribution in [0.3, 0.4) is 0 Å². The molecule has 0 aliphatic carbocycles. The lowest BCUT2D eigenvalue weighted by Gasteiger charge is -2.26. The molecule has 1 amide bonds. The summed E-state index contributed by atoms with van der Waals surface area (Å²) in [7, 11) is 0. The number of benzene rings is 1. The Balaban J connectivity index is 1.97. The molecule has 0 atom stereocenters. The number of amides is 1. The van der Waals surface area contributed by atoms with E-state index in [1.807, 2.05) is 0 Å². The lowest BCUT2D eigenvalue weighted by atomic mass is 9.85. The van der Waals surface area contributed by atoms with E-state index in [9.17, 15) is 9.59 Å². The summed E-state index contributed by atoms with van der Waals surface area (Å²) in [6.07, 6.45) is 0.523. The molecule has 0 radical (unpaired) electrons. The van der Waals surface area contributed by atoms with E-state index in [0.717, 1.165) is 13.1 Å². The van der Waals surface area contributed by atoms with E-state index in [2.05, 4.69) is 10.6 Å². The molecule has 108 valence electrons. The molecular formula is C15H20N2O3. The van der Waals surface area contributed by atoms with Gasteiger partial charge < -0.3 is 15.7 Å². The van der Waals surface area contributed by atoms with Gasteiger partial charge in [0, 0.05) is 12.1 Å². The monoisotopic (exact) mass is 276 g/mol. The Morgan fingerprint density at radius 1 is 1.30 bits per heavy atom. The first-order valence-corrected chi connectivity index (χ1v) is 6.74. The van der Waals surface area contributed by atoms with Gasteiger partial charge in [0.15, 0.2) is 0 Å². The zero-order valence-corrected chi connectivity index (χ0v) is 11.8. The minimum atomic E-state index is -0.930. The van der Waals surface area contributed by atoms with E-state index in [0.29, 0.717) is 23.6 Å². The summed E-state index contributed by atoms with van der Waals surface area (Å²) in [5.41, 5.74) is 0.485. The molecule has 1 saturated heterocycles. The second-order valence-electron chi connectivity index (χ2n) is 5.78. The molecule has 2 rings (SSSR count). The number of carboxylic acid groups (broad SMARTS) is 1. The average Bonchev–Trinajstić information content (AvgIpc) is 2.34. The molecule has 0 aromatic heterocycles. The van der Waals surface area contributed by atoms with Gasteiger partial charge in [0.05, 0.1) is 5.41 Å². The van der Waals surface area contributed by atoms with E-state index in [-0.39, 0.29) is 5.91 Å². The molecule has 0 saturated carbocycles. The third-order valence-corrected chi connectivity index (χ3v) is 3.77. The van der Waals surface area contributed by atoms with Gasteiger partial charge in [-0.2, -0.15) is 0 Å². The lowest BCUT2D eigenvalue weighted by molar-refractivity contribution is -0.142. The number of carbonyl (C=O) groups excluding carboxylic acids is 1. The Kier molecular flexibility index (Phi) is 4.09. The van der Waals surface area contributed by atoms with Gasteiger partial charge in [-0.25, -0.2) is 0 Å². The topological polar surface area (TPSA) is 78.4 Å². The first kappa shape index (κ1) is 14.5. The van der Waals surface area contributed by atoms with Crippen LogP contribution in [0.4, 0.5) is 5.69 Å². The predicted octanol–water partition coefficient (Wildman–Crippen LogP) is 1.60. The van der Waals surface area contributed by atoms with Crippen LogP contribution in [0.15, 0.2) is 24.3 Å². The van der Waals surface area contributed by atoms with Crippen molar-refractivity contribution in [2.24, 2.45) is 5.92 Å². The Hall–Kier alpha value is -1.88. The van der Waals surface area contributed by atoms with Gasteiger partial charge >= 0.3 is 5.97 Å². The molecule has 1 fully saturated rings. The van der Waals surface area contributed by atoms with E-state index in [4.69, 9.17) is 5.11 Å². The molecule has 1 aliphatic rings. The first-order valence-electron chi connectivity index (χ1n) is 6.74. The second-order valence-corrected chi connectivity index (χ2v) is 5.78. The van der Waals surface area contributed by atoms with Crippen LogP contribution >= 0.6 is 0 Å². The summed E-state index contributed by atoms with van der Waals surface area (Å²) in [6, 6.07) is 6.98. The highest BCUT2D eigenvalue weighted by Crippen LogP contribution is 2.25. The standard InChI is InChI=1S/C15H20N2O3/c1-15(2,14(19)20)11-3-5-12(6-4-11)17-13(18)7-10-8-16-9-10/h3-6,10,16H,7-9H2,1-2H3,(H,17,18)(H,19,20). The SMILES string of the molecule is CC(C)(C(=O)O)c1ccc(NC(=O)CC2CNC2)cc1. The van der Waals surface area contributed by atoms with Crippen LogP contribution in [0.2, 0.25) is 0 Å². The van der Waals surface area contributed by atoms with Crippen molar-refractivity contribution < 1.29 is 14.7 Å². The van der Waals surface area contributed by atoms with Gasteiger partial charge in [-0.05, 0) is 50.6 Å². The van der Waals surface area contributed by atoms with Crippen molar-refractivity contribution in [2.45, 2.75) is 25.7 Å². The maximum absolute atomic E-state index is 11.8. The van der Waals surface area contributed by atoms with Crippen molar-refractivity contribution >= 4 is 17.6 Å². The first-order chi connectivity index (χ1) is 9.39. The van der Waals surface area contributed by atoms with Crippen LogP contribution in [0, 0.1) is 5.92 Å². The minimum absolute atomic E-state index is 0.00162. The number of aliphatic carboxylic acids is 1. The van der Waals surface area contributed by atoms with Gasteiger partial charge in [-0.3, -0.25) is 9.59 Å². The quantitative estimate of drug-likeness (QED) is 0.763. The maximum Gasteiger partial charge on any atom is 0.313 e. The summed E-state index contributed by atoms with van der Waals surface area (Å²) < 4.78 is 0. The highest BCUT2D eigenvalue weighted by molar-refractivity contribution is 5.91. The summed E-state index contributed by atoms with van der Waals surface area (Å²) in [4.78, 5) is 22.9. The van der Waals surface area contributed by atoms with Gasteiger partial charge in [-0.15, -0.1) is 0 Å². The van der Waals surface area contributed by atoms with E-state index >= 15 is 0 Å². The summed E-state index contributed by atoms with van der Waals surface area (Å²) in [5, 5.41) is 15.1. The molecule has 1 heterocycles. The van der Waals surface area contributed by atoms with Gasteiger partial charge in [0.2, 0.25) is 5.91 Å². The van der Waals surface area contributed by atoms with Crippen LogP contribution in [0.5, 0.6) is 0 Å². The Labute approximate surface area is 118 Å². The van der Waals surface area contributed by atoms with E-state index in [1.54, 1.807) is 38.1 Å². The normalized spacial score (nSPS) is 15.5. The highest BCUT2D eigenvalue weighted by atomic mass is 16.4. The fourth-order valence-electron chi connectivity index (χ4n) is 2.06. The molecule has 20 heavy (non-hydrogen) atoms. The van der Waals surface area contributed by atoms with Crippen LogP contribution in [0.25, 0.3) is 0 Å². The smallest absolute Gasteiger partial charge is 0.313 e. The van der Waals surface area contributed by atoms with E-state index < -0.39 is 11.4 Å². The zero-order chi connectivity index (χ0) is 14.8. The fraction of sp³-hybridized carbons (Fsp3) is 0.467. The number of carboxylic acids is 1.